The van der Waals surface area contributed by atoms with Gasteiger partial charge in [-0.3, -0.25) is 0 Å². The highest BCUT2D eigenvalue weighted by Crippen LogP contribution is 2.28. The highest BCUT2D eigenvalue weighted by atomic mass is 32.1. The van der Waals surface area contributed by atoms with E-state index >= 15 is 0 Å². The number of nitrogens with one attached hydrogen (secondary N) is 1. The summed E-state index contributed by atoms with van der Waals surface area (Å²) in [7, 11) is 0. The molecule has 1 N–H and O–H groups in total. The molecule has 0 spiro atoms. The fraction of sp³-hybridized carbons (Fsp3) is 0.286. The molecular weight excluding hydrogens is 374 g/mol. The quantitative estimate of drug-likeness (QED) is 0.462. The van der Waals surface area contributed by atoms with Gasteiger partial charge in [0.25, 0.3) is 11.8 Å². The van der Waals surface area contributed by atoms with Gasteiger partial charge in [-0.05, 0) is 41.5 Å². The number of hydrogen-bond acceptors (Lipinski definition) is 6. The molecule has 3 heterocycles. The van der Waals surface area contributed by atoms with Crippen molar-refractivity contribution in [3.63, 3.8) is 0 Å². The van der Waals surface area contributed by atoms with Crippen molar-refractivity contribution in [2.45, 2.75) is 39.2 Å². The summed E-state index contributed by atoms with van der Waals surface area (Å²) in [4.78, 5) is 16.6. The Labute approximate surface area is 166 Å². The van der Waals surface area contributed by atoms with Crippen LogP contribution in [0.5, 0.6) is 0 Å². The molecule has 1 atom stereocenters. The lowest BCUT2D eigenvalue weighted by molar-refractivity contribution is 0.0274. The number of benzene rings is 1. The molecule has 144 valence electrons. The van der Waals surface area contributed by atoms with Gasteiger partial charge < -0.3 is 14.1 Å². The Kier molecular flexibility index (Phi) is 4.55. The van der Waals surface area contributed by atoms with Crippen molar-refractivity contribution in [1.29, 1.82) is 0 Å². The van der Waals surface area contributed by atoms with Crippen LogP contribution in [0.3, 0.4) is 0 Å². The van der Waals surface area contributed by atoms with Crippen molar-refractivity contribution in [1.82, 2.24) is 15.2 Å². The molecule has 0 unspecified atom stereocenters. The van der Waals surface area contributed by atoms with E-state index in [4.69, 9.17) is 9.15 Å². The summed E-state index contributed by atoms with van der Waals surface area (Å²) in [5.74, 6) is 0.230. The average molecular weight is 395 g/mol. The van der Waals surface area contributed by atoms with Crippen molar-refractivity contribution in [2.24, 2.45) is 0 Å². The predicted octanol–water partition coefficient (Wildman–Crippen LogP) is 5.49. The number of aromatic nitrogens is 3. The van der Waals surface area contributed by atoms with Crippen LogP contribution in [0.15, 0.2) is 46.2 Å². The third-order valence-corrected chi connectivity index (χ3v) is 5.37. The number of H-pyrrole nitrogens is 1. The minimum atomic E-state index is -0.648. The van der Waals surface area contributed by atoms with Crippen molar-refractivity contribution in [2.75, 3.05) is 0 Å². The SMILES string of the molecule is C[C@H](OC(=O)c1cc2ccc(C(C)(C)C)cc2[nH]1)c1nnc(-c2cccs2)o1. The minimum Gasteiger partial charge on any atom is -0.448 e. The molecule has 0 fully saturated rings. The maximum absolute atomic E-state index is 12.6. The van der Waals surface area contributed by atoms with Gasteiger partial charge in [0.1, 0.15) is 5.69 Å². The first-order valence-electron chi connectivity index (χ1n) is 9.03. The number of aromatic amines is 1. The van der Waals surface area contributed by atoms with Crippen LogP contribution in [0.4, 0.5) is 0 Å². The molecule has 0 saturated heterocycles. The third kappa shape index (κ3) is 3.57. The number of fused-ring (bicyclic) bond motifs is 1. The zero-order valence-electron chi connectivity index (χ0n) is 16.1. The fourth-order valence-electron chi connectivity index (χ4n) is 2.88. The van der Waals surface area contributed by atoms with E-state index in [1.807, 2.05) is 23.6 Å². The van der Waals surface area contributed by atoms with E-state index in [1.165, 1.54) is 16.9 Å². The number of hydrogen-bond donors (Lipinski definition) is 1. The summed E-state index contributed by atoms with van der Waals surface area (Å²) in [5, 5.41) is 10.9. The molecule has 3 aromatic heterocycles. The second-order valence-electron chi connectivity index (χ2n) is 7.71. The zero-order valence-corrected chi connectivity index (χ0v) is 17.0. The summed E-state index contributed by atoms with van der Waals surface area (Å²) in [6.45, 7) is 8.18. The van der Waals surface area contributed by atoms with E-state index < -0.39 is 12.1 Å². The number of esters is 1. The largest absolute Gasteiger partial charge is 0.448 e. The lowest BCUT2D eigenvalue weighted by atomic mass is 9.87. The van der Waals surface area contributed by atoms with Gasteiger partial charge in [-0.2, -0.15) is 0 Å². The number of thiophene rings is 1. The van der Waals surface area contributed by atoms with Crippen LogP contribution < -0.4 is 0 Å². The van der Waals surface area contributed by atoms with Crippen LogP contribution in [-0.2, 0) is 10.2 Å². The molecular formula is C21H21N3O3S. The highest BCUT2D eigenvalue weighted by Gasteiger charge is 2.22. The normalized spacial score (nSPS) is 13.0. The second-order valence-corrected chi connectivity index (χ2v) is 8.65. The van der Waals surface area contributed by atoms with Crippen LogP contribution in [0.2, 0.25) is 0 Å². The molecule has 1 aromatic carbocycles. The lowest BCUT2D eigenvalue weighted by Gasteiger charge is -2.18. The van der Waals surface area contributed by atoms with Crippen LogP contribution >= 0.6 is 11.3 Å². The van der Waals surface area contributed by atoms with Crippen molar-refractivity contribution in [3.8, 4) is 10.8 Å². The van der Waals surface area contributed by atoms with Crippen molar-refractivity contribution in [3.05, 3.63) is 58.9 Å². The molecule has 0 radical (unpaired) electrons. The molecule has 0 aliphatic rings. The molecule has 0 bridgehead atoms. The Morgan fingerprint density at radius 1 is 1.21 bits per heavy atom. The number of rotatable bonds is 4. The molecule has 28 heavy (non-hydrogen) atoms. The lowest BCUT2D eigenvalue weighted by Crippen LogP contribution is -2.10. The van der Waals surface area contributed by atoms with E-state index in [2.05, 4.69) is 48.1 Å². The van der Waals surface area contributed by atoms with Crippen LogP contribution in [0.1, 0.15) is 55.7 Å². The monoisotopic (exact) mass is 395 g/mol. The predicted molar refractivity (Wildman–Crippen MR) is 108 cm³/mol. The number of ether oxygens (including phenoxy) is 1. The fourth-order valence-corrected chi connectivity index (χ4v) is 3.52. The summed E-state index contributed by atoms with van der Waals surface area (Å²) in [6, 6.07) is 11.8. The Morgan fingerprint density at radius 2 is 2.04 bits per heavy atom. The Bertz CT molecular complexity index is 1120. The number of nitrogens with zero attached hydrogens (tertiary/aromatic N) is 2. The van der Waals surface area contributed by atoms with Gasteiger partial charge in [0.05, 0.1) is 4.88 Å². The maximum Gasteiger partial charge on any atom is 0.355 e. The summed E-state index contributed by atoms with van der Waals surface area (Å²) in [5.41, 5.74) is 2.53. The Balaban J connectivity index is 1.51. The van der Waals surface area contributed by atoms with E-state index in [9.17, 15) is 4.79 Å². The Morgan fingerprint density at radius 3 is 2.75 bits per heavy atom. The van der Waals surface area contributed by atoms with Crippen molar-refractivity contribution >= 4 is 28.2 Å². The first-order chi connectivity index (χ1) is 13.3. The molecule has 0 amide bonds. The molecule has 0 aliphatic heterocycles. The molecule has 7 heteroatoms. The van der Waals surface area contributed by atoms with Gasteiger partial charge in [0.15, 0.2) is 6.10 Å². The van der Waals surface area contributed by atoms with E-state index in [0.717, 1.165) is 15.8 Å². The van der Waals surface area contributed by atoms with E-state index in [0.29, 0.717) is 11.6 Å². The molecule has 0 aliphatic carbocycles. The first-order valence-corrected chi connectivity index (χ1v) is 9.91. The maximum atomic E-state index is 12.6. The van der Waals surface area contributed by atoms with Gasteiger partial charge in [-0.15, -0.1) is 21.5 Å². The van der Waals surface area contributed by atoms with Crippen LogP contribution in [0.25, 0.3) is 21.7 Å². The zero-order chi connectivity index (χ0) is 19.9. The molecule has 4 aromatic rings. The van der Waals surface area contributed by atoms with E-state index in [1.54, 1.807) is 13.0 Å². The van der Waals surface area contributed by atoms with Gasteiger partial charge in [0, 0.05) is 10.9 Å². The average Bonchev–Trinajstić information content (AvgIpc) is 3.38. The molecule has 0 saturated carbocycles. The number of carbonyl (C=O) groups excluding carboxylic acids is 1. The minimum absolute atomic E-state index is 0.0344. The molecule has 6 nitrogen and oxygen atoms in total. The second kappa shape index (κ2) is 6.91. The highest BCUT2D eigenvalue weighted by molar-refractivity contribution is 7.13. The van der Waals surface area contributed by atoms with Gasteiger partial charge in [0.2, 0.25) is 0 Å². The summed E-state index contributed by atoms with van der Waals surface area (Å²) in [6.07, 6.45) is -0.648. The van der Waals surface area contributed by atoms with Gasteiger partial charge in [-0.1, -0.05) is 39.0 Å². The smallest absolute Gasteiger partial charge is 0.355 e. The van der Waals surface area contributed by atoms with Crippen LogP contribution in [-0.4, -0.2) is 21.2 Å². The Hall–Kier alpha value is -2.93. The summed E-state index contributed by atoms with van der Waals surface area (Å²) < 4.78 is 11.2. The molecule has 4 rings (SSSR count). The third-order valence-electron chi connectivity index (χ3n) is 4.51. The number of carbonyl (C=O) groups is 1. The van der Waals surface area contributed by atoms with Crippen LogP contribution in [0, 0.1) is 0 Å². The van der Waals surface area contributed by atoms with Gasteiger partial charge in [-0.25, -0.2) is 4.79 Å². The summed E-state index contributed by atoms with van der Waals surface area (Å²) >= 11 is 1.51. The van der Waals surface area contributed by atoms with Gasteiger partial charge >= 0.3 is 5.97 Å². The topological polar surface area (TPSA) is 81.0 Å². The standard InChI is InChI=1S/C21H21N3O3S/c1-12(18-23-24-19(27-18)17-6-5-9-28-17)26-20(25)16-10-13-7-8-14(21(2,3)4)11-15(13)22-16/h5-12,22H,1-4H3/t12-/m0/s1. The van der Waals surface area contributed by atoms with E-state index in [-0.39, 0.29) is 11.3 Å². The first kappa shape index (κ1) is 18.4. The van der Waals surface area contributed by atoms with Crippen molar-refractivity contribution < 1.29 is 13.9 Å².